The Morgan fingerprint density at radius 1 is 1.03 bits per heavy atom. The van der Waals surface area contributed by atoms with Crippen molar-refractivity contribution in [3.05, 3.63) is 53.4 Å². The SMILES string of the molecule is C[C@H]1CC[C@H](C(NC(=O)c2cnn(C3CCOCC3)c2)C(=O)Nc2ccc3c(c2)C=CC32CCOCC2)CC1. The number of hydrogen-bond acceptors (Lipinski definition) is 5. The third-order valence-corrected chi connectivity index (χ3v) is 9.35. The lowest BCUT2D eigenvalue weighted by molar-refractivity contribution is -0.119. The number of carbonyl (C=O) groups excluding carboxylic acids is 2. The summed E-state index contributed by atoms with van der Waals surface area (Å²) in [6.07, 6.45) is 15.6. The van der Waals surface area contributed by atoms with E-state index in [1.165, 1.54) is 5.56 Å². The average Bonchev–Trinajstić information content (AvgIpc) is 3.59. The highest BCUT2D eigenvalue weighted by molar-refractivity contribution is 6.01. The molecule has 2 aliphatic heterocycles. The number of amides is 2. The molecular formula is C31H40N4O4. The third kappa shape index (κ3) is 5.54. The van der Waals surface area contributed by atoms with Gasteiger partial charge in [0.05, 0.1) is 17.8 Å². The molecule has 1 aromatic heterocycles. The van der Waals surface area contributed by atoms with Gasteiger partial charge in [0.25, 0.3) is 5.91 Å². The fourth-order valence-electron chi connectivity index (χ4n) is 6.81. The van der Waals surface area contributed by atoms with Crippen LogP contribution >= 0.6 is 0 Å². The van der Waals surface area contributed by atoms with Crippen molar-refractivity contribution in [2.45, 2.75) is 75.8 Å². The minimum absolute atomic E-state index is 0.0561. The van der Waals surface area contributed by atoms with Gasteiger partial charge in [-0.25, -0.2) is 0 Å². The highest BCUT2D eigenvalue weighted by atomic mass is 16.5. The maximum absolute atomic E-state index is 13.7. The highest BCUT2D eigenvalue weighted by Gasteiger charge is 2.37. The molecule has 8 nitrogen and oxygen atoms in total. The minimum atomic E-state index is -0.595. The highest BCUT2D eigenvalue weighted by Crippen LogP contribution is 2.44. The Hall–Kier alpha value is -2.97. The Morgan fingerprint density at radius 2 is 1.77 bits per heavy atom. The number of nitrogens with one attached hydrogen (secondary N) is 2. The molecular weight excluding hydrogens is 492 g/mol. The molecule has 2 amide bonds. The molecule has 4 aliphatic rings. The largest absolute Gasteiger partial charge is 0.381 e. The van der Waals surface area contributed by atoms with Crippen molar-refractivity contribution in [1.29, 1.82) is 0 Å². The summed E-state index contributed by atoms with van der Waals surface area (Å²) >= 11 is 0. The fourth-order valence-corrected chi connectivity index (χ4v) is 6.81. The van der Waals surface area contributed by atoms with E-state index in [2.05, 4.69) is 46.9 Å². The molecule has 208 valence electrons. The molecule has 2 aliphatic carbocycles. The van der Waals surface area contributed by atoms with Gasteiger partial charge in [-0.1, -0.05) is 38.0 Å². The van der Waals surface area contributed by atoms with Crippen LogP contribution in [0.15, 0.2) is 36.7 Å². The lowest BCUT2D eigenvalue weighted by atomic mass is 9.76. The Morgan fingerprint density at radius 3 is 2.54 bits per heavy atom. The molecule has 0 bridgehead atoms. The zero-order chi connectivity index (χ0) is 26.8. The van der Waals surface area contributed by atoms with Crippen molar-refractivity contribution in [2.75, 3.05) is 31.7 Å². The summed E-state index contributed by atoms with van der Waals surface area (Å²) in [5, 5.41) is 10.7. The van der Waals surface area contributed by atoms with Crippen molar-refractivity contribution >= 4 is 23.6 Å². The second-order valence-corrected chi connectivity index (χ2v) is 11.9. The maximum atomic E-state index is 13.7. The van der Waals surface area contributed by atoms with Crippen molar-refractivity contribution in [3.63, 3.8) is 0 Å². The van der Waals surface area contributed by atoms with Crippen LogP contribution in [0, 0.1) is 11.8 Å². The van der Waals surface area contributed by atoms with Crippen LogP contribution in [0.25, 0.3) is 6.08 Å². The van der Waals surface area contributed by atoms with E-state index in [0.29, 0.717) is 24.7 Å². The summed E-state index contributed by atoms with van der Waals surface area (Å²) in [6.45, 7) is 5.23. The van der Waals surface area contributed by atoms with E-state index in [4.69, 9.17) is 9.47 Å². The van der Waals surface area contributed by atoms with Gasteiger partial charge in [0.1, 0.15) is 6.04 Å². The van der Waals surface area contributed by atoms with Crippen LogP contribution < -0.4 is 10.6 Å². The summed E-state index contributed by atoms with van der Waals surface area (Å²) < 4.78 is 12.9. The van der Waals surface area contributed by atoms with Gasteiger partial charge < -0.3 is 20.1 Å². The van der Waals surface area contributed by atoms with E-state index in [1.54, 1.807) is 6.20 Å². The first-order chi connectivity index (χ1) is 19.0. The number of hydrogen-bond donors (Lipinski definition) is 2. The summed E-state index contributed by atoms with van der Waals surface area (Å²) in [4.78, 5) is 27.1. The zero-order valence-corrected chi connectivity index (χ0v) is 22.9. The second kappa shape index (κ2) is 11.3. The van der Waals surface area contributed by atoms with E-state index < -0.39 is 6.04 Å². The zero-order valence-electron chi connectivity index (χ0n) is 22.9. The number of anilines is 1. The van der Waals surface area contributed by atoms with E-state index in [1.807, 2.05) is 16.9 Å². The molecule has 3 fully saturated rings. The second-order valence-electron chi connectivity index (χ2n) is 11.9. The molecule has 0 radical (unpaired) electrons. The van der Waals surface area contributed by atoms with Gasteiger partial charge in [0.15, 0.2) is 0 Å². The molecule has 1 spiro atoms. The first kappa shape index (κ1) is 26.3. The molecule has 6 rings (SSSR count). The van der Waals surface area contributed by atoms with Gasteiger partial charge in [-0.3, -0.25) is 14.3 Å². The smallest absolute Gasteiger partial charge is 0.255 e. The maximum Gasteiger partial charge on any atom is 0.255 e. The molecule has 8 heteroatoms. The summed E-state index contributed by atoms with van der Waals surface area (Å²) in [6, 6.07) is 5.86. The summed E-state index contributed by atoms with van der Waals surface area (Å²) in [5.41, 5.74) is 3.79. The van der Waals surface area contributed by atoms with E-state index in [-0.39, 0.29) is 29.2 Å². The predicted octanol–water partition coefficient (Wildman–Crippen LogP) is 4.87. The van der Waals surface area contributed by atoms with E-state index >= 15 is 0 Å². The quantitative estimate of drug-likeness (QED) is 0.553. The van der Waals surface area contributed by atoms with Gasteiger partial charge in [0, 0.05) is 43.7 Å². The van der Waals surface area contributed by atoms with Crippen LogP contribution in [0.1, 0.15) is 85.8 Å². The molecule has 1 aromatic carbocycles. The molecule has 1 atom stereocenters. The van der Waals surface area contributed by atoms with E-state index in [0.717, 1.165) is 75.8 Å². The van der Waals surface area contributed by atoms with Crippen molar-refractivity contribution in [3.8, 4) is 0 Å². The summed E-state index contributed by atoms with van der Waals surface area (Å²) in [7, 11) is 0. The minimum Gasteiger partial charge on any atom is -0.381 e. The lowest BCUT2D eigenvalue weighted by Crippen LogP contribution is -2.49. The molecule has 39 heavy (non-hydrogen) atoms. The summed E-state index contributed by atoms with van der Waals surface area (Å²) in [5.74, 6) is 0.364. The topological polar surface area (TPSA) is 94.5 Å². The Balaban J connectivity index is 1.17. The molecule has 2 N–H and O–H groups in total. The number of aromatic nitrogens is 2. The van der Waals surface area contributed by atoms with Gasteiger partial charge >= 0.3 is 0 Å². The van der Waals surface area contributed by atoms with Crippen LogP contribution in [-0.2, 0) is 19.7 Å². The number of carbonyl (C=O) groups is 2. The first-order valence-corrected chi connectivity index (χ1v) is 14.7. The van der Waals surface area contributed by atoms with Crippen molar-refractivity contribution in [2.24, 2.45) is 11.8 Å². The van der Waals surface area contributed by atoms with Crippen LogP contribution in [0.3, 0.4) is 0 Å². The van der Waals surface area contributed by atoms with Gasteiger partial charge in [0.2, 0.25) is 5.91 Å². The van der Waals surface area contributed by atoms with Crippen LogP contribution in [0.4, 0.5) is 5.69 Å². The van der Waals surface area contributed by atoms with Crippen LogP contribution in [0.5, 0.6) is 0 Å². The monoisotopic (exact) mass is 532 g/mol. The van der Waals surface area contributed by atoms with Gasteiger partial charge in [-0.05, 0) is 73.6 Å². The Bertz CT molecular complexity index is 1220. The predicted molar refractivity (Wildman–Crippen MR) is 150 cm³/mol. The number of ether oxygens (including phenoxy) is 2. The standard InChI is InChI=1S/C31H40N4O4/c1-21-2-4-22(5-3-21)28(34-29(36)24-19-32-35(20-24)26-9-14-38-15-10-26)30(37)33-25-6-7-27-23(18-25)8-11-31(27)12-16-39-17-13-31/h6-8,11,18-22,26,28H,2-5,9-10,12-17H2,1H3,(H,33,37)(H,34,36)/t21-,22-,28?. The Kier molecular flexibility index (Phi) is 7.58. The lowest BCUT2D eigenvalue weighted by Gasteiger charge is -2.33. The normalized spacial score (nSPS) is 25.3. The average molecular weight is 533 g/mol. The fraction of sp³-hybridized carbons (Fsp3) is 0.581. The number of rotatable bonds is 6. The molecule has 1 unspecified atom stereocenters. The number of nitrogens with zero attached hydrogens (tertiary/aromatic N) is 2. The third-order valence-electron chi connectivity index (χ3n) is 9.35. The van der Waals surface area contributed by atoms with Crippen LogP contribution in [0.2, 0.25) is 0 Å². The molecule has 3 heterocycles. The van der Waals surface area contributed by atoms with Crippen LogP contribution in [-0.4, -0.2) is 54.1 Å². The Labute approximate surface area is 230 Å². The van der Waals surface area contributed by atoms with Gasteiger partial charge in [-0.2, -0.15) is 5.10 Å². The van der Waals surface area contributed by atoms with E-state index in [9.17, 15) is 9.59 Å². The number of fused-ring (bicyclic) bond motifs is 2. The number of benzene rings is 1. The van der Waals surface area contributed by atoms with Crippen molar-refractivity contribution in [1.82, 2.24) is 15.1 Å². The van der Waals surface area contributed by atoms with Crippen molar-refractivity contribution < 1.29 is 19.1 Å². The number of allylic oxidation sites excluding steroid dienone is 1. The van der Waals surface area contributed by atoms with Gasteiger partial charge in [-0.15, -0.1) is 0 Å². The first-order valence-electron chi connectivity index (χ1n) is 14.7. The molecule has 2 aromatic rings. The molecule has 1 saturated carbocycles. The molecule has 2 saturated heterocycles.